The van der Waals surface area contributed by atoms with Gasteiger partial charge in [0.25, 0.3) is 5.91 Å². The van der Waals surface area contributed by atoms with E-state index in [1.807, 2.05) is 13.8 Å². The number of aromatic nitrogens is 1. The molecule has 1 aromatic carbocycles. The molecule has 1 aromatic heterocycles. The summed E-state index contributed by atoms with van der Waals surface area (Å²) in [5.74, 6) is -0.453. The van der Waals surface area contributed by atoms with Crippen molar-refractivity contribution in [2.75, 3.05) is 6.54 Å². The number of nitrogens with zero attached hydrogens (tertiary/aromatic N) is 1. The van der Waals surface area contributed by atoms with Gasteiger partial charge in [-0.25, -0.2) is 9.37 Å². The summed E-state index contributed by atoms with van der Waals surface area (Å²) in [6.45, 7) is 4.42. The van der Waals surface area contributed by atoms with Gasteiger partial charge in [0.15, 0.2) is 0 Å². The number of halogens is 3. The summed E-state index contributed by atoms with van der Waals surface area (Å²) in [6, 6.07) is 6.30. The summed E-state index contributed by atoms with van der Waals surface area (Å²) in [5, 5.41) is 5.59. The summed E-state index contributed by atoms with van der Waals surface area (Å²) in [6.07, 6.45) is 2.14. The molecule has 0 aliphatic heterocycles. The number of rotatable bonds is 7. The van der Waals surface area contributed by atoms with Crippen LogP contribution in [-0.4, -0.2) is 23.0 Å². The molecule has 0 fully saturated rings. The van der Waals surface area contributed by atoms with Crippen molar-refractivity contribution in [1.29, 1.82) is 0 Å². The molecular formula is C17H24Cl2FN3OS. The zero-order chi connectivity index (χ0) is 16.9. The molecule has 0 bridgehead atoms. The standard InChI is InChI=1S/C17H22FN3OS.2ClH/c1-3-17(4-2,11-19)21-16(22)14-10-23-15(20-14)9-12-5-7-13(18)8-6-12;;/h5-8,10H,3-4,9,11,19H2,1-2H3,(H,21,22);2*1H. The molecule has 1 heterocycles. The van der Waals surface area contributed by atoms with Gasteiger partial charge in [0.2, 0.25) is 0 Å². The molecule has 0 atom stereocenters. The fourth-order valence-corrected chi connectivity index (χ4v) is 3.15. The molecule has 0 spiro atoms. The maximum atomic E-state index is 12.9. The maximum absolute atomic E-state index is 12.9. The summed E-state index contributed by atoms with van der Waals surface area (Å²) in [7, 11) is 0. The number of nitrogens with two attached hydrogens (primary N) is 1. The van der Waals surface area contributed by atoms with Gasteiger partial charge in [0.1, 0.15) is 11.5 Å². The third-order valence-electron chi connectivity index (χ3n) is 4.18. The Bertz CT molecular complexity index is 652. The second-order valence-electron chi connectivity index (χ2n) is 5.58. The van der Waals surface area contributed by atoms with Crippen molar-refractivity contribution in [3.05, 3.63) is 51.7 Å². The Morgan fingerprint density at radius 3 is 2.36 bits per heavy atom. The Balaban J connectivity index is 0.00000288. The zero-order valence-corrected chi connectivity index (χ0v) is 16.7. The molecule has 2 rings (SSSR count). The van der Waals surface area contributed by atoms with Crippen molar-refractivity contribution < 1.29 is 9.18 Å². The van der Waals surface area contributed by atoms with Gasteiger partial charge >= 0.3 is 0 Å². The van der Waals surface area contributed by atoms with Crippen molar-refractivity contribution >= 4 is 42.1 Å². The highest BCUT2D eigenvalue weighted by atomic mass is 35.5. The van der Waals surface area contributed by atoms with Crippen LogP contribution in [0.1, 0.15) is 47.7 Å². The van der Waals surface area contributed by atoms with Gasteiger partial charge in [-0.1, -0.05) is 26.0 Å². The molecule has 8 heteroatoms. The number of hydrogen-bond acceptors (Lipinski definition) is 4. The van der Waals surface area contributed by atoms with Crippen LogP contribution in [0.3, 0.4) is 0 Å². The van der Waals surface area contributed by atoms with E-state index in [4.69, 9.17) is 5.73 Å². The van der Waals surface area contributed by atoms with E-state index in [0.29, 0.717) is 18.7 Å². The van der Waals surface area contributed by atoms with Crippen LogP contribution in [-0.2, 0) is 6.42 Å². The third-order valence-corrected chi connectivity index (χ3v) is 5.02. The number of amides is 1. The van der Waals surface area contributed by atoms with E-state index in [1.165, 1.54) is 23.5 Å². The molecular weight excluding hydrogens is 384 g/mol. The Hall–Kier alpha value is -1.21. The zero-order valence-electron chi connectivity index (χ0n) is 14.3. The minimum absolute atomic E-state index is 0. The molecule has 3 N–H and O–H groups in total. The van der Waals surface area contributed by atoms with Crippen LogP contribution >= 0.6 is 36.2 Å². The van der Waals surface area contributed by atoms with Crippen molar-refractivity contribution in [3.8, 4) is 0 Å². The Kier molecular flexibility index (Phi) is 10.2. The molecule has 0 aliphatic carbocycles. The van der Waals surface area contributed by atoms with Crippen molar-refractivity contribution in [2.45, 2.75) is 38.6 Å². The second kappa shape index (κ2) is 10.7. The largest absolute Gasteiger partial charge is 0.344 e. The average molecular weight is 408 g/mol. The van der Waals surface area contributed by atoms with E-state index in [1.54, 1.807) is 17.5 Å². The van der Waals surface area contributed by atoms with Crippen LogP contribution in [0.15, 0.2) is 29.6 Å². The Labute approximate surface area is 164 Å². The summed E-state index contributed by atoms with van der Waals surface area (Å²) in [4.78, 5) is 16.8. The minimum Gasteiger partial charge on any atom is -0.344 e. The van der Waals surface area contributed by atoms with Gasteiger partial charge in [0.05, 0.1) is 10.5 Å². The van der Waals surface area contributed by atoms with E-state index < -0.39 is 0 Å². The molecule has 0 radical (unpaired) electrons. The van der Waals surface area contributed by atoms with Crippen molar-refractivity contribution in [1.82, 2.24) is 10.3 Å². The highest BCUT2D eigenvalue weighted by Crippen LogP contribution is 2.18. The number of nitrogens with one attached hydrogen (secondary N) is 1. The monoisotopic (exact) mass is 407 g/mol. The van der Waals surface area contributed by atoms with E-state index in [-0.39, 0.29) is 42.1 Å². The minimum atomic E-state index is -0.377. The molecule has 1 amide bonds. The predicted octanol–water partition coefficient (Wildman–Crippen LogP) is 3.96. The van der Waals surface area contributed by atoms with Gasteiger partial charge in [-0.2, -0.15) is 0 Å². The number of carbonyl (C=O) groups excluding carboxylic acids is 1. The Morgan fingerprint density at radius 2 is 1.84 bits per heavy atom. The fraction of sp³-hybridized carbons (Fsp3) is 0.412. The lowest BCUT2D eigenvalue weighted by Crippen LogP contribution is -2.52. The molecule has 0 saturated heterocycles. The van der Waals surface area contributed by atoms with Crippen LogP contribution in [0.4, 0.5) is 4.39 Å². The summed E-state index contributed by atoms with van der Waals surface area (Å²) in [5.41, 5.74) is 6.81. The first-order valence-corrected chi connectivity index (χ1v) is 8.61. The third kappa shape index (κ3) is 6.22. The first-order chi connectivity index (χ1) is 11.0. The number of carbonyl (C=O) groups is 1. The molecule has 4 nitrogen and oxygen atoms in total. The van der Waals surface area contributed by atoms with Crippen LogP contribution in [0.5, 0.6) is 0 Å². The van der Waals surface area contributed by atoms with Gasteiger partial charge in [-0.15, -0.1) is 36.2 Å². The molecule has 25 heavy (non-hydrogen) atoms. The van der Waals surface area contributed by atoms with Gasteiger partial charge < -0.3 is 11.1 Å². The van der Waals surface area contributed by atoms with Gasteiger partial charge in [-0.3, -0.25) is 4.79 Å². The topological polar surface area (TPSA) is 68.0 Å². The van der Waals surface area contributed by atoms with Crippen LogP contribution in [0.25, 0.3) is 0 Å². The van der Waals surface area contributed by atoms with Crippen LogP contribution < -0.4 is 11.1 Å². The predicted molar refractivity (Wildman–Crippen MR) is 106 cm³/mol. The molecule has 0 aliphatic rings. The highest BCUT2D eigenvalue weighted by molar-refractivity contribution is 7.09. The fourth-order valence-electron chi connectivity index (χ4n) is 2.34. The van der Waals surface area contributed by atoms with Crippen LogP contribution in [0.2, 0.25) is 0 Å². The lowest BCUT2D eigenvalue weighted by atomic mass is 9.93. The Morgan fingerprint density at radius 1 is 1.24 bits per heavy atom. The van der Waals surface area contributed by atoms with Gasteiger partial charge in [-0.05, 0) is 30.5 Å². The van der Waals surface area contributed by atoms with Crippen molar-refractivity contribution in [2.24, 2.45) is 5.73 Å². The summed E-state index contributed by atoms with van der Waals surface area (Å²) < 4.78 is 12.9. The lowest BCUT2D eigenvalue weighted by molar-refractivity contribution is 0.0890. The first-order valence-electron chi connectivity index (χ1n) is 7.73. The first kappa shape index (κ1) is 23.8. The number of thiazole rings is 1. The van der Waals surface area contributed by atoms with Crippen LogP contribution in [0, 0.1) is 5.82 Å². The van der Waals surface area contributed by atoms with E-state index in [2.05, 4.69) is 10.3 Å². The quantitative estimate of drug-likeness (QED) is 0.729. The highest BCUT2D eigenvalue weighted by Gasteiger charge is 2.27. The van der Waals surface area contributed by atoms with E-state index in [9.17, 15) is 9.18 Å². The van der Waals surface area contributed by atoms with E-state index in [0.717, 1.165) is 23.4 Å². The van der Waals surface area contributed by atoms with E-state index >= 15 is 0 Å². The molecule has 140 valence electrons. The molecule has 0 unspecified atom stereocenters. The lowest BCUT2D eigenvalue weighted by Gasteiger charge is -2.31. The molecule has 2 aromatic rings. The second-order valence-corrected chi connectivity index (χ2v) is 6.52. The molecule has 0 saturated carbocycles. The SMILES string of the molecule is CCC(CC)(CN)NC(=O)c1csc(Cc2ccc(F)cc2)n1.Cl.Cl. The smallest absolute Gasteiger partial charge is 0.271 e. The maximum Gasteiger partial charge on any atom is 0.271 e. The van der Waals surface area contributed by atoms with Gasteiger partial charge in [0, 0.05) is 18.3 Å². The average Bonchev–Trinajstić information content (AvgIpc) is 3.03. The number of hydrogen-bond donors (Lipinski definition) is 2. The normalized spacial score (nSPS) is 10.6. The number of benzene rings is 1. The van der Waals surface area contributed by atoms with Crippen molar-refractivity contribution in [3.63, 3.8) is 0 Å². The summed E-state index contributed by atoms with van der Waals surface area (Å²) >= 11 is 1.43.